The van der Waals surface area contributed by atoms with Crippen LogP contribution in [0.3, 0.4) is 0 Å². The lowest BCUT2D eigenvalue weighted by atomic mass is 10.1. The SMILES string of the molecule is CC[C@H](O)c1ccccc1OCc1ncon1. The van der Waals surface area contributed by atoms with Crippen LogP contribution >= 0.6 is 0 Å². The molecule has 0 aliphatic heterocycles. The minimum atomic E-state index is -0.517. The van der Waals surface area contributed by atoms with E-state index in [0.717, 1.165) is 5.56 Å². The average Bonchev–Trinajstić information content (AvgIpc) is 2.89. The number of para-hydroxylation sites is 1. The van der Waals surface area contributed by atoms with Crippen LogP contribution in [-0.2, 0) is 6.61 Å². The van der Waals surface area contributed by atoms with E-state index in [4.69, 9.17) is 4.74 Å². The van der Waals surface area contributed by atoms with Crippen molar-refractivity contribution in [2.24, 2.45) is 0 Å². The predicted molar refractivity (Wildman–Crippen MR) is 60.3 cm³/mol. The number of nitrogens with zero attached hydrogens (tertiary/aromatic N) is 2. The number of hydrogen-bond acceptors (Lipinski definition) is 5. The van der Waals surface area contributed by atoms with E-state index >= 15 is 0 Å². The van der Waals surface area contributed by atoms with Crippen LogP contribution in [0.1, 0.15) is 30.8 Å². The van der Waals surface area contributed by atoms with Gasteiger partial charge < -0.3 is 14.4 Å². The molecule has 5 heteroatoms. The third kappa shape index (κ3) is 2.82. The van der Waals surface area contributed by atoms with Gasteiger partial charge in [0.05, 0.1) is 6.10 Å². The molecule has 0 radical (unpaired) electrons. The minimum Gasteiger partial charge on any atom is -0.485 e. The Morgan fingerprint density at radius 3 is 2.94 bits per heavy atom. The molecular weight excluding hydrogens is 220 g/mol. The predicted octanol–water partition coefficient (Wildman–Crippen LogP) is 2.09. The lowest BCUT2D eigenvalue weighted by Gasteiger charge is -2.13. The maximum Gasteiger partial charge on any atom is 0.213 e. The van der Waals surface area contributed by atoms with Crippen molar-refractivity contribution in [2.75, 3.05) is 0 Å². The second-order valence-corrected chi connectivity index (χ2v) is 3.60. The van der Waals surface area contributed by atoms with Crippen molar-refractivity contribution in [1.29, 1.82) is 0 Å². The monoisotopic (exact) mass is 234 g/mol. The van der Waals surface area contributed by atoms with Crippen molar-refractivity contribution in [3.63, 3.8) is 0 Å². The molecule has 2 aromatic rings. The Hall–Kier alpha value is -1.88. The standard InChI is InChI=1S/C12H14N2O3/c1-2-10(15)9-5-3-4-6-11(9)16-7-12-13-8-17-14-12/h3-6,8,10,15H,2,7H2,1H3/t10-/m0/s1. The van der Waals surface area contributed by atoms with Gasteiger partial charge in [-0.15, -0.1) is 0 Å². The number of benzene rings is 1. The van der Waals surface area contributed by atoms with Gasteiger partial charge in [0.2, 0.25) is 12.2 Å². The molecule has 0 saturated carbocycles. The van der Waals surface area contributed by atoms with Crippen LogP contribution in [0, 0.1) is 0 Å². The van der Waals surface area contributed by atoms with Crippen LogP contribution in [0.5, 0.6) is 5.75 Å². The van der Waals surface area contributed by atoms with Crippen LogP contribution < -0.4 is 4.74 Å². The van der Waals surface area contributed by atoms with Gasteiger partial charge in [0, 0.05) is 5.56 Å². The molecule has 1 heterocycles. The second kappa shape index (κ2) is 5.45. The first-order valence-corrected chi connectivity index (χ1v) is 5.46. The lowest BCUT2D eigenvalue weighted by Crippen LogP contribution is -2.03. The Bertz CT molecular complexity index is 457. The average molecular weight is 234 g/mol. The number of rotatable bonds is 5. The minimum absolute atomic E-state index is 0.226. The molecule has 0 aliphatic rings. The van der Waals surface area contributed by atoms with Crippen molar-refractivity contribution in [1.82, 2.24) is 10.1 Å². The molecule has 1 aromatic carbocycles. The smallest absolute Gasteiger partial charge is 0.213 e. The molecule has 1 atom stereocenters. The molecule has 1 N–H and O–H groups in total. The van der Waals surface area contributed by atoms with Gasteiger partial charge in [0.15, 0.2) is 6.61 Å². The normalized spacial score (nSPS) is 12.4. The zero-order chi connectivity index (χ0) is 12.1. The highest BCUT2D eigenvalue weighted by molar-refractivity contribution is 5.35. The highest BCUT2D eigenvalue weighted by atomic mass is 16.5. The molecule has 0 fully saturated rings. The highest BCUT2D eigenvalue weighted by Gasteiger charge is 2.11. The van der Waals surface area contributed by atoms with Crippen molar-refractivity contribution in [3.05, 3.63) is 42.0 Å². The summed E-state index contributed by atoms with van der Waals surface area (Å²) in [5.74, 6) is 1.12. The molecular formula is C12H14N2O3. The molecule has 0 unspecified atom stereocenters. The molecule has 0 spiro atoms. The third-order valence-electron chi connectivity index (χ3n) is 2.43. The van der Waals surface area contributed by atoms with E-state index in [2.05, 4.69) is 14.7 Å². The van der Waals surface area contributed by atoms with Gasteiger partial charge in [-0.25, -0.2) is 0 Å². The molecule has 0 aliphatic carbocycles. The summed E-state index contributed by atoms with van der Waals surface area (Å²) in [6, 6.07) is 7.39. The third-order valence-corrected chi connectivity index (χ3v) is 2.43. The van der Waals surface area contributed by atoms with Gasteiger partial charge in [-0.1, -0.05) is 30.3 Å². The Morgan fingerprint density at radius 1 is 1.41 bits per heavy atom. The topological polar surface area (TPSA) is 68.4 Å². The van der Waals surface area contributed by atoms with Crippen LogP contribution in [-0.4, -0.2) is 15.2 Å². The molecule has 0 amide bonds. The highest BCUT2D eigenvalue weighted by Crippen LogP contribution is 2.27. The first-order valence-electron chi connectivity index (χ1n) is 5.46. The fraction of sp³-hybridized carbons (Fsp3) is 0.333. The quantitative estimate of drug-likeness (QED) is 0.857. The Balaban J connectivity index is 2.09. The summed E-state index contributed by atoms with van der Waals surface area (Å²) in [5, 5.41) is 13.5. The molecule has 0 saturated heterocycles. The van der Waals surface area contributed by atoms with E-state index in [1.54, 1.807) is 0 Å². The zero-order valence-electron chi connectivity index (χ0n) is 9.54. The largest absolute Gasteiger partial charge is 0.485 e. The van der Waals surface area contributed by atoms with Gasteiger partial charge in [0.1, 0.15) is 5.75 Å². The first kappa shape index (κ1) is 11.6. The van der Waals surface area contributed by atoms with Crippen molar-refractivity contribution >= 4 is 0 Å². The molecule has 17 heavy (non-hydrogen) atoms. The van der Waals surface area contributed by atoms with E-state index in [9.17, 15) is 5.11 Å². The lowest BCUT2D eigenvalue weighted by molar-refractivity contribution is 0.165. The fourth-order valence-corrected chi connectivity index (χ4v) is 1.51. The van der Waals surface area contributed by atoms with E-state index < -0.39 is 6.10 Å². The summed E-state index contributed by atoms with van der Waals surface area (Å²) >= 11 is 0. The van der Waals surface area contributed by atoms with Gasteiger partial charge in [0.25, 0.3) is 0 Å². The number of aliphatic hydroxyl groups excluding tert-OH is 1. The molecule has 1 aromatic heterocycles. The van der Waals surface area contributed by atoms with E-state index in [1.807, 2.05) is 31.2 Å². The fourth-order valence-electron chi connectivity index (χ4n) is 1.51. The summed E-state index contributed by atoms with van der Waals surface area (Å²) in [7, 11) is 0. The summed E-state index contributed by atoms with van der Waals surface area (Å²) in [6.45, 7) is 2.14. The summed E-state index contributed by atoms with van der Waals surface area (Å²) < 4.78 is 10.2. The second-order valence-electron chi connectivity index (χ2n) is 3.60. The van der Waals surface area contributed by atoms with E-state index in [1.165, 1.54) is 6.39 Å². The van der Waals surface area contributed by atoms with Crippen LogP contribution in [0.15, 0.2) is 35.2 Å². The number of aromatic nitrogens is 2. The summed E-state index contributed by atoms with van der Waals surface area (Å²) in [4.78, 5) is 3.86. The molecule has 2 rings (SSSR count). The van der Waals surface area contributed by atoms with Crippen molar-refractivity contribution in [3.8, 4) is 5.75 Å². The summed E-state index contributed by atoms with van der Waals surface area (Å²) in [6.07, 6.45) is 1.38. The van der Waals surface area contributed by atoms with Crippen LogP contribution in [0.4, 0.5) is 0 Å². The van der Waals surface area contributed by atoms with Gasteiger partial charge >= 0.3 is 0 Å². The molecule has 0 bridgehead atoms. The van der Waals surface area contributed by atoms with E-state index in [-0.39, 0.29) is 6.61 Å². The number of ether oxygens (including phenoxy) is 1. The number of hydrogen-bond donors (Lipinski definition) is 1. The Morgan fingerprint density at radius 2 is 2.24 bits per heavy atom. The van der Waals surface area contributed by atoms with Crippen LogP contribution in [0.25, 0.3) is 0 Å². The van der Waals surface area contributed by atoms with E-state index in [0.29, 0.717) is 18.0 Å². The molecule has 90 valence electrons. The first-order chi connectivity index (χ1) is 8.31. The van der Waals surface area contributed by atoms with Crippen molar-refractivity contribution in [2.45, 2.75) is 26.1 Å². The Labute approximate surface area is 99.0 Å². The van der Waals surface area contributed by atoms with Gasteiger partial charge in [-0.2, -0.15) is 4.98 Å². The number of aliphatic hydroxyl groups is 1. The van der Waals surface area contributed by atoms with Crippen molar-refractivity contribution < 1.29 is 14.4 Å². The maximum absolute atomic E-state index is 9.84. The molecule has 5 nitrogen and oxygen atoms in total. The van der Waals surface area contributed by atoms with Crippen LogP contribution in [0.2, 0.25) is 0 Å². The van der Waals surface area contributed by atoms with Gasteiger partial charge in [-0.05, 0) is 12.5 Å². The van der Waals surface area contributed by atoms with Gasteiger partial charge in [-0.3, -0.25) is 0 Å². The maximum atomic E-state index is 9.84. The summed E-state index contributed by atoms with van der Waals surface area (Å²) in [5.41, 5.74) is 0.776. The zero-order valence-corrected chi connectivity index (χ0v) is 9.54. The Kier molecular flexibility index (Phi) is 3.72.